The Balaban J connectivity index is 2.11. The Morgan fingerprint density at radius 1 is 1.10 bits per heavy atom. The van der Waals surface area contributed by atoms with Crippen LogP contribution in [-0.4, -0.2) is 45.8 Å². The van der Waals surface area contributed by atoms with Crippen molar-refractivity contribution in [1.29, 1.82) is 0 Å². The zero-order chi connectivity index (χ0) is 15.7. The summed E-state index contributed by atoms with van der Waals surface area (Å²) in [6.07, 6.45) is 8.90. The molecule has 4 nitrogen and oxygen atoms in total. The monoisotopic (exact) mass is 300 g/mol. The molecule has 0 aromatic carbocycles. The molecule has 4 heteroatoms. The predicted octanol–water partition coefficient (Wildman–Crippen LogP) is 2.55. The zero-order valence-electron chi connectivity index (χ0n) is 13.4. The van der Waals surface area contributed by atoms with Crippen molar-refractivity contribution in [2.24, 2.45) is 0 Å². The van der Waals surface area contributed by atoms with E-state index in [0.717, 1.165) is 32.1 Å². The summed E-state index contributed by atoms with van der Waals surface area (Å²) in [5.41, 5.74) is 0. The SMILES string of the molecule is CCCCC(O)C(O)CC=CCC[C@H](O)[C@@H]1CC[C@@H](C)O1. The van der Waals surface area contributed by atoms with E-state index in [0.29, 0.717) is 19.3 Å². The fraction of sp³-hybridized carbons (Fsp3) is 0.882. The maximum absolute atomic E-state index is 10.0. The van der Waals surface area contributed by atoms with Gasteiger partial charge in [-0.3, -0.25) is 0 Å². The molecule has 0 radical (unpaired) electrons. The summed E-state index contributed by atoms with van der Waals surface area (Å²) in [6.45, 7) is 4.11. The summed E-state index contributed by atoms with van der Waals surface area (Å²) in [7, 11) is 0. The molecule has 0 saturated carbocycles. The highest BCUT2D eigenvalue weighted by Gasteiger charge is 2.27. The van der Waals surface area contributed by atoms with Gasteiger partial charge in [-0.25, -0.2) is 0 Å². The molecule has 0 spiro atoms. The van der Waals surface area contributed by atoms with Crippen LogP contribution >= 0.6 is 0 Å². The summed E-state index contributed by atoms with van der Waals surface area (Å²) in [5.74, 6) is 0. The normalized spacial score (nSPS) is 27.1. The van der Waals surface area contributed by atoms with Crippen LogP contribution < -0.4 is 0 Å². The molecule has 1 aliphatic rings. The van der Waals surface area contributed by atoms with E-state index in [2.05, 4.69) is 6.92 Å². The standard InChI is InChI=1S/C17H32O4/c1-3-4-8-14(18)15(19)9-6-5-7-10-16(20)17-12-11-13(2)21-17/h5-6,13-20H,3-4,7-12H2,1-2H3/t13-,14?,15?,16+,17+/m1/s1. The number of aliphatic hydroxyl groups is 3. The van der Waals surface area contributed by atoms with Crippen LogP contribution in [-0.2, 0) is 4.74 Å². The molecule has 0 aromatic rings. The second-order valence-electron chi connectivity index (χ2n) is 6.19. The van der Waals surface area contributed by atoms with Gasteiger partial charge in [0, 0.05) is 0 Å². The van der Waals surface area contributed by atoms with Crippen LogP contribution in [0.4, 0.5) is 0 Å². The lowest BCUT2D eigenvalue weighted by Crippen LogP contribution is -2.25. The number of rotatable bonds is 10. The first-order valence-electron chi connectivity index (χ1n) is 8.39. The first-order chi connectivity index (χ1) is 10.0. The maximum atomic E-state index is 10.0. The second-order valence-corrected chi connectivity index (χ2v) is 6.19. The average Bonchev–Trinajstić information content (AvgIpc) is 2.90. The largest absolute Gasteiger partial charge is 0.390 e. The summed E-state index contributed by atoms with van der Waals surface area (Å²) < 4.78 is 5.64. The molecule has 3 N–H and O–H groups in total. The molecule has 1 rings (SSSR count). The summed E-state index contributed by atoms with van der Waals surface area (Å²) in [4.78, 5) is 0. The van der Waals surface area contributed by atoms with E-state index < -0.39 is 18.3 Å². The van der Waals surface area contributed by atoms with Crippen LogP contribution in [0.5, 0.6) is 0 Å². The van der Waals surface area contributed by atoms with Gasteiger partial charge in [-0.2, -0.15) is 0 Å². The van der Waals surface area contributed by atoms with Crippen molar-refractivity contribution in [2.45, 2.75) is 95.7 Å². The zero-order valence-corrected chi connectivity index (χ0v) is 13.4. The van der Waals surface area contributed by atoms with Gasteiger partial charge in [0.2, 0.25) is 0 Å². The number of aliphatic hydroxyl groups excluding tert-OH is 3. The molecule has 0 aromatic heterocycles. The van der Waals surface area contributed by atoms with Crippen molar-refractivity contribution in [3.05, 3.63) is 12.2 Å². The van der Waals surface area contributed by atoms with Gasteiger partial charge in [0.25, 0.3) is 0 Å². The van der Waals surface area contributed by atoms with Crippen LogP contribution in [0.15, 0.2) is 12.2 Å². The first kappa shape index (κ1) is 18.6. The minimum atomic E-state index is -0.684. The van der Waals surface area contributed by atoms with Crippen LogP contribution in [0.1, 0.15) is 65.2 Å². The highest BCUT2D eigenvalue weighted by Crippen LogP contribution is 2.23. The molecule has 0 aliphatic carbocycles. The Labute approximate surface area is 128 Å². The predicted molar refractivity (Wildman–Crippen MR) is 84.1 cm³/mol. The van der Waals surface area contributed by atoms with Gasteiger partial charge in [0.05, 0.1) is 30.5 Å². The van der Waals surface area contributed by atoms with Crippen molar-refractivity contribution in [3.63, 3.8) is 0 Å². The molecule has 2 unspecified atom stereocenters. The third-order valence-corrected chi connectivity index (χ3v) is 4.16. The third kappa shape index (κ3) is 7.41. The Morgan fingerprint density at radius 3 is 2.48 bits per heavy atom. The maximum Gasteiger partial charge on any atom is 0.0838 e. The fourth-order valence-electron chi connectivity index (χ4n) is 2.69. The Hall–Kier alpha value is -0.420. The topological polar surface area (TPSA) is 69.9 Å². The second kappa shape index (κ2) is 10.3. The smallest absolute Gasteiger partial charge is 0.0838 e. The number of hydrogen-bond acceptors (Lipinski definition) is 4. The van der Waals surface area contributed by atoms with Crippen molar-refractivity contribution in [3.8, 4) is 0 Å². The Kier molecular flexibility index (Phi) is 9.16. The van der Waals surface area contributed by atoms with Crippen LogP contribution in [0.3, 0.4) is 0 Å². The highest BCUT2D eigenvalue weighted by molar-refractivity contribution is 4.88. The van der Waals surface area contributed by atoms with Gasteiger partial charge in [-0.05, 0) is 45.4 Å². The minimum Gasteiger partial charge on any atom is -0.390 e. The van der Waals surface area contributed by atoms with Gasteiger partial charge in [-0.15, -0.1) is 0 Å². The lowest BCUT2D eigenvalue weighted by atomic mass is 10.0. The van der Waals surface area contributed by atoms with Gasteiger partial charge < -0.3 is 20.1 Å². The van der Waals surface area contributed by atoms with Gasteiger partial charge in [-0.1, -0.05) is 31.9 Å². The van der Waals surface area contributed by atoms with E-state index in [4.69, 9.17) is 4.74 Å². The lowest BCUT2D eigenvalue weighted by molar-refractivity contribution is -0.0309. The molecule has 1 saturated heterocycles. The van der Waals surface area contributed by atoms with Gasteiger partial charge in [0.1, 0.15) is 0 Å². The van der Waals surface area contributed by atoms with Crippen LogP contribution in [0.25, 0.3) is 0 Å². The van der Waals surface area contributed by atoms with Crippen molar-refractivity contribution in [2.75, 3.05) is 0 Å². The molecule has 1 fully saturated rings. The fourth-order valence-corrected chi connectivity index (χ4v) is 2.69. The van der Waals surface area contributed by atoms with Gasteiger partial charge in [0.15, 0.2) is 0 Å². The Morgan fingerprint density at radius 2 is 1.86 bits per heavy atom. The van der Waals surface area contributed by atoms with Crippen molar-refractivity contribution < 1.29 is 20.1 Å². The molecule has 5 atom stereocenters. The third-order valence-electron chi connectivity index (χ3n) is 4.16. The molecule has 124 valence electrons. The Bertz CT molecular complexity index is 293. The number of ether oxygens (including phenoxy) is 1. The van der Waals surface area contributed by atoms with E-state index in [9.17, 15) is 15.3 Å². The summed E-state index contributed by atoms with van der Waals surface area (Å²) in [5, 5.41) is 29.5. The molecule has 0 bridgehead atoms. The van der Waals surface area contributed by atoms with E-state index in [1.807, 2.05) is 19.1 Å². The quantitative estimate of drug-likeness (QED) is 0.542. The number of unbranched alkanes of at least 4 members (excludes halogenated alkanes) is 1. The van der Waals surface area contributed by atoms with Crippen LogP contribution in [0.2, 0.25) is 0 Å². The van der Waals surface area contributed by atoms with Crippen molar-refractivity contribution in [1.82, 2.24) is 0 Å². The summed E-state index contributed by atoms with van der Waals surface area (Å²) in [6, 6.07) is 0. The number of hydrogen-bond donors (Lipinski definition) is 3. The summed E-state index contributed by atoms with van der Waals surface area (Å²) >= 11 is 0. The van der Waals surface area contributed by atoms with Crippen molar-refractivity contribution >= 4 is 0 Å². The molecular formula is C17H32O4. The molecule has 1 aliphatic heterocycles. The van der Waals surface area contributed by atoms with E-state index in [1.165, 1.54) is 0 Å². The molecule has 1 heterocycles. The van der Waals surface area contributed by atoms with E-state index in [1.54, 1.807) is 0 Å². The molecule has 0 amide bonds. The van der Waals surface area contributed by atoms with E-state index >= 15 is 0 Å². The van der Waals surface area contributed by atoms with Crippen LogP contribution in [0, 0.1) is 0 Å². The number of allylic oxidation sites excluding steroid dienone is 1. The van der Waals surface area contributed by atoms with Gasteiger partial charge >= 0.3 is 0 Å². The minimum absolute atomic E-state index is 0.0187. The first-order valence-corrected chi connectivity index (χ1v) is 8.39. The highest BCUT2D eigenvalue weighted by atomic mass is 16.5. The molecular weight excluding hydrogens is 268 g/mol. The lowest BCUT2D eigenvalue weighted by Gasteiger charge is -2.17. The average molecular weight is 300 g/mol. The van der Waals surface area contributed by atoms with E-state index in [-0.39, 0.29) is 12.2 Å². The molecule has 21 heavy (non-hydrogen) atoms.